The van der Waals surface area contributed by atoms with Gasteiger partial charge in [0, 0.05) is 45.0 Å². The molecule has 3 aromatic rings. The fourth-order valence-electron chi connectivity index (χ4n) is 13.1. The lowest BCUT2D eigenvalue weighted by atomic mass is 9.77. The van der Waals surface area contributed by atoms with Crippen LogP contribution in [0.15, 0.2) is 72.8 Å². The van der Waals surface area contributed by atoms with Gasteiger partial charge in [0.25, 0.3) is 0 Å². The minimum Gasteiger partial charge on any atom is -0.459 e. The first kappa shape index (κ1) is 68.7. The molecule has 0 saturated carbocycles. The first-order valence-corrected chi connectivity index (χ1v) is 31.6. The third-order valence-corrected chi connectivity index (χ3v) is 19.3. The summed E-state index contributed by atoms with van der Waals surface area (Å²) in [6.45, 7) is 18.2. The Labute approximate surface area is 498 Å². The van der Waals surface area contributed by atoms with E-state index in [-0.39, 0.29) is 50.3 Å². The summed E-state index contributed by atoms with van der Waals surface area (Å²) >= 11 is 0. The molecule has 1 amide bonds. The lowest BCUT2D eigenvalue weighted by molar-refractivity contribution is -0.318. The summed E-state index contributed by atoms with van der Waals surface area (Å²) in [7, 11) is 10.1. The second-order valence-electron chi connectivity index (χ2n) is 25.8. The van der Waals surface area contributed by atoms with Gasteiger partial charge in [0.05, 0.1) is 47.6 Å². The standard InChI is InChI=1S/C66H104N3O13P/c1-16-54-66(10,76)59(72)45(6)69(55(70)28-24-19-17-18-21-25-47-29-30-49(40-67(11)12)52(36-47)48-31-33-51(34-32-48)83-50-26-22-20-23-27-50)39-41(2)37-64(8,75)61(82-63-57(71)53(68(13)14)35-42(3)78-63)43(4)58(44(5)62(74)80-54)81-56-38-65(9,77-15)60(73)46(7)79-56/h20,22-23,26-27,29-34,36,41-46,53-54,56-61,63,71-73,75-76,83H,16-19,21,24-25,28,35,37-40H2,1-15H3/t41-,42-,43+,44-,45-,46+,53+,54-,56+,57-,58+,59-,60+,61-,63+,64-,65-,66-/m1/s1. The van der Waals surface area contributed by atoms with E-state index in [1.54, 1.807) is 53.4 Å². The minimum atomic E-state index is -2.02. The van der Waals surface area contributed by atoms with E-state index in [9.17, 15) is 35.1 Å². The van der Waals surface area contributed by atoms with Crippen LogP contribution in [0.4, 0.5) is 0 Å². The number of rotatable bonds is 20. The minimum absolute atomic E-state index is 0.0652. The van der Waals surface area contributed by atoms with E-state index < -0.39 is 102 Å². The van der Waals surface area contributed by atoms with Crippen LogP contribution in [-0.2, 0) is 51.0 Å². The molecular weight excluding hydrogens is 1070 g/mol. The number of unbranched alkanes of at least 4 members (excludes halogenated alkanes) is 4. The number of nitrogens with zero attached hydrogens (tertiary/aromatic N) is 3. The van der Waals surface area contributed by atoms with Crippen LogP contribution in [0, 0.1) is 17.8 Å². The Morgan fingerprint density at radius 3 is 2.10 bits per heavy atom. The first-order chi connectivity index (χ1) is 39.1. The number of cyclic esters (lactones) is 1. The molecular formula is C66H104N3O13P. The van der Waals surface area contributed by atoms with Gasteiger partial charge in [-0.3, -0.25) is 9.59 Å². The molecule has 16 nitrogen and oxygen atoms in total. The molecule has 5 N–H and O–H groups in total. The third kappa shape index (κ3) is 17.9. The average molecular weight is 1180 g/mol. The van der Waals surface area contributed by atoms with E-state index in [0.717, 1.165) is 38.6 Å². The molecule has 466 valence electrons. The zero-order valence-corrected chi connectivity index (χ0v) is 53.6. The summed E-state index contributed by atoms with van der Waals surface area (Å²) in [4.78, 5) is 35.1. The maximum absolute atomic E-state index is 14.7. The smallest absolute Gasteiger partial charge is 0.311 e. The maximum atomic E-state index is 14.7. The van der Waals surface area contributed by atoms with Gasteiger partial charge >= 0.3 is 5.97 Å². The van der Waals surface area contributed by atoms with Gasteiger partial charge < -0.3 is 68.7 Å². The van der Waals surface area contributed by atoms with Gasteiger partial charge in [-0.05, 0) is 154 Å². The summed E-state index contributed by atoms with van der Waals surface area (Å²) in [5.74, 6) is -3.31. The number of methoxy groups -OCH3 is 1. The number of amides is 1. The molecule has 0 spiro atoms. The highest BCUT2D eigenvalue weighted by Crippen LogP contribution is 2.41. The van der Waals surface area contributed by atoms with Gasteiger partial charge in [0.2, 0.25) is 5.91 Å². The quantitative estimate of drug-likeness (QED) is 0.0418. The monoisotopic (exact) mass is 1180 g/mol. The average Bonchev–Trinajstić information content (AvgIpc) is 3.60. The Bertz CT molecular complexity index is 2480. The Kier molecular flexibility index (Phi) is 25.2. The molecule has 17 heteroatoms. The highest BCUT2D eigenvalue weighted by molar-refractivity contribution is 7.55. The number of hydrogen-bond acceptors (Lipinski definition) is 15. The van der Waals surface area contributed by atoms with Crippen molar-refractivity contribution in [3.8, 4) is 11.1 Å². The molecule has 3 aliphatic rings. The molecule has 3 saturated heterocycles. The Balaban J connectivity index is 1.20. The van der Waals surface area contributed by atoms with Crippen molar-refractivity contribution in [2.45, 2.75) is 237 Å². The van der Waals surface area contributed by atoms with Gasteiger partial charge in [0.1, 0.15) is 30.0 Å². The second kappa shape index (κ2) is 30.5. The van der Waals surface area contributed by atoms with E-state index in [2.05, 4.69) is 91.8 Å². The van der Waals surface area contributed by atoms with Gasteiger partial charge in [0.15, 0.2) is 12.6 Å². The number of benzene rings is 3. The fraction of sp³-hybridized carbons (Fsp3) is 0.697. The van der Waals surface area contributed by atoms with Crippen LogP contribution >= 0.6 is 8.58 Å². The third-order valence-electron chi connectivity index (χ3n) is 18.0. The molecule has 19 atom stereocenters. The van der Waals surface area contributed by atoms with Crippen molar-refractivity contribution >= 4 is 31.1 Å². The van der Waals surface area contributed by atoms with Crippen LogP contribution < -0.4 is 10.6 Å². The zero-order chi connectivity index (χ0) is 61.1. The molecule has 0 aliphatic carbocycles. The van der Waals surface area contributed by atoms with Crippen LogP contribution in [0.3, 0.4) is 0 Å². The van der Waals surface area contributed by atoms with Crippen molar-refractivity contribution in [2.75, 3.05) is 41.8 Å². The van der Waals surface area contributed by atoms with E-state index >= 15 is 0 Å². The van der Waals surface area contributed by atoms with Gasteiger partial charge in [-0.15, -0.1) is 0 Å². The van der Waals surface area contributed by atoms with E-state index in [0.29, 0.717) is 21.4 Å². The number of carbonyl (C=O) groups is 2. The van der Waals surface area contributed by atoms with Crippen molar-refractivity contribution in [3.63, 3.8) is 0 Å². The Morgan fingerprint density at radius 2 is 1.46 bits per heavy atom. The van der Waals surface area contributed by atoms with Crippen molar-refractivity contribution in [1.82, 2.24) is 14.7 Å². The lowest BCUT2D eigenvalue weighted by Crippen LogP contribution is -2.60. The number of esters is 1. The molecule has 3 fully saturated rings. The fourth-order valence-corrected chi connectivity index (χ4v) is 14.1. The highest BCUT2D eigenvalue weighted by atomic mass is 31.1. The molecule has 0 bridgehead atoms. The summed E-state index contributed by atoms with van der Waals surface area (Å²) < 4.78 is 38.3. The summed E-state index contributed by atoms with van der Waals surface area (Å²) in [6.07, 6.45) is -4.03. The number of aryl methyl sites for hydroxylation is 1. The molecule has 3 heterocycles. The molecule has 83 heavy (non-hydrogen) atoms. The normalized spacial score (nSPS) is 35.4. The summed E-state index contributed by atoms with van der Waals surface area (Å²) in [5, 5.41) is 63.2. The molecule has 0 aromatic heterocycles. The Hall–Kier alpha value is -3.45. The van der Waals surface area contributed by atoms with Crippen LogP contribution in [-0.4, -0.2) is 184 Å². The van der Waals surface area contributed by atoms with Crippen LogP contribution in [0.5, 0.6) is 0 Å². The predicted octanol–water partition coefficient (Wildman–Crippen LogP) is 7.74. The highest BCUT2D eigenvalue weighted by Gasteiger charge is 2.53. The van der Waals surface area contributed by atoms with Crippen LogP contribution in [0.2, 0.25) is 0 Å². The topological polar surface area (TPSA) is 200 Å². The molecule has 3 aromatic carbocycles. The van der Waals surface area contributed by atoms with E-state index in [1.165, 1.54) is 46.9 Å². The summed E-state index contributed by atoms with van der Waals surface area (Å²) in [6, 6.07) is 25.2. The number of aliphatic hydroxyl groups excluding tert-OH is 3. The number of ether oxygens (including phenoxy) is 6. The van der Waals surface area contributed by atoms with Gasteiger partial charge in [-0.1, -0.05) is 121 Å². The van der Waals surface area contributed by atoms with Crippen molar-refractivity contribution in [2.24, 2.45) is 17.8 Å². The number of hydrogen-bond donors (Lipinski definition) is 5. The predicted molar refractivity (Wildman–Crippen MR) is 328 cm³/mol. The van der Waals surface area contributed by atoms with Crippen molar-refractivity contribution in [3.05, 3.63) is 83.9 Å². The van der Waals surface area contributed by atoms with Crippen molar-refractivity contribution < 1.29 is 63.5 Å². The molecule has 0 radical (unpaired) electrons. The maximum Gasteiger partial charge on any atom is 0.311 e. The SMILES string of the molecule is CC[C@H]1OC(=O)[C@H](C)[C@@H](O[C@H]2C[C@@](C)(OC)[C@@H](O)[C@H](C)O2)[C@H](C)[C@@H](O[C@@H]2O[C@H](C)C[C@H](N(C)C)[C@H]2O)[C@](C)(O)C[C@@H](C)CN(C(=O)CCCCCCCc2ccc(CN(C)C)c(-c3ccc(Pc4ccccc4)cc3)c2)[C@H](C)[C@@H](O)[C@]1(C)O. The van der Waals surface area contributed by atoms with Crippen molar-refractivity contribution in [1.29, 1.82) is 0 Å². The molecule has 3 aliphatic heterocycles. The van der Waals surface area contributed by atoms with E-state index in [4.69, 9.17) is 28.4 Å². The number of aliphatic hydroxyl groups is 5. The molecule has 6 rings (SSSR count). The largest absolute Gasteiger partial charge is 0.459 e. The lowest BCUT2D eigenvalue weighted by Gasteiger charge is -2.48. The van der Waals surface area contributed by atoms with Gasteiger partial charge in [-0.25, -0.2) is 0 Å². The zero-order valence-electron chi connectivity index (χ0n) is 52.6. The van der Waals surface area contributed by atoms with Crippen LogP contribution in [0.1, 0.15) is 145 Å². The number of carbonyl (C=O) groups excluding carboxylic acids is 2. The molecule has 1 unspecified atom stereocenters. The number of likely N-dealkylation sites (N-methyl/N-ethyl adjacent to an activating group) is 1. The summed E-state index contributed by atoms with van der Waals surface area (Å²) in [5.41, 5.74) is 0.245. The second-order valence-corrected chi connectivity index (χ2v) is 27.2. The first-order valence-electron chi connectivity index (χ1n) is 30.6. The van der Waals surface area contributed by atoms with E-state index in [1.807, 2.05) is 32.8 Å². The Morgan fingerprint density at radius 1 is 0.807 bits per heavy atom. The van der Waals surface area contributed by atoms with Crippen LogP contribution in [0.25, 0.3) is 11.1 Å². The van der Waals surface area contributed by atoms with Gasteiger partial charge in [-0.2, -0.15) is 0 Å².